The van der Waals surface area contributed by atoms with Crippen LogP contribution in [0.4, 0.5) is 10.5 Å². The van der Waals surface area contributed by atoms with Gasteiger partial charge in [-0.15, -0.1) is 0 Å². The summed E-state index contributed by atoms with van der Waals surface area (Å²) in [6.07, 6.45) is 1.33. The lowest BCUT2D eigenvalue weighted by Gasteiger charge is -2.26. The van der Waals surface area contributed by atoms with Crippen molar-refractivity contribution in [3.05, 3.63) is 129 Å². The first-order valence-electron chi connectivity index (χ1n) is 12.6. The SMILES string of the molecule is Cc1ccc(COc2c(Cl)cc(/C=C3\C(=O)NC(=O)N(c4ccc(OCc5ccccc5)cc4)C3=O)cc2Cl)cc1. The molecule has 0 atom stereocenters. The van der Waals surface area contributed by atoms with E-state index in [0.29, 0.717) is 17.9 Å². The Morgan fingerprint density at radius 2 is 1.39 bits per heavy atom. The topological polar surface area (TPSA) is 84.9 Å². The number of carbonyl (C=O) groups is 3. The third kappa shape index (κ3) is 6.60. The molecule has 0 bridgehead atoms. The molecule has 0 spiro atoms. The Morgan fingerprint density at radius 3 is 2.05 bits per heavy atom. The number of urea groups is 1. The predicted octanol–water partition coefficient (Wildman–Crippen LogP) is 7.13. The standard InChI is InChI=1S/C32H24Cl2N2O5/c1-20-7-9-22(10-8-20)19-41-29-27(33)16-23(17-28(29)34)15-26-30(37)35-32(39)36(31(26)38)24-11-13-25(14-12-24)40-18-21-5-3-2-4-6-21/h2-17H,18-19H2,1H3,(H,35,37,39)/b26-15+. The van der Waals surface area contributed by atoms with Gasteiger partial charge in [-0.3, -0.25) is 14.9 Å². The molecule has 206 valence electrons. The van der Waals surface area contributed by atoms with Crippen molar-refractivity contribution in [1.29, 1.82) is 0 Å². The number of imide groups is 2. The molecule has 9 heteroatoms. The van der Waals surface area contributed by atoms with Crippen LogP contribution in [0.25, 0.3) is 6.08 Å². The molecular formula is C32H24Cl2N2O5. The van der Waals surface area contributed by atoms with Crippen molar-refractivity contribution in [3.8, 4) is 11.5 Å². The van der Waals surface area contributed by atoms with Crippen molar-refractivity contribution in [2.24, 2.45) is 0 Å². The number of hydrogen-bond donors (Lipinski definition) is 1. The summed E-state index contributed by atoms with van der Waals surface area (Å²) in [7, 11) is 0. The largest absolute Gasteiger partial charge is 0.489 e. The van der Waals surface area contributed by atoms with Gasteiger partial charge in [-0.1, -0.05) is 83.4 Å². The Balaban J connectivity index is 1.32. The van der Waals surface area contributed by atoms with Crippen molar-refractivity contribution in [3.63, 3.8) is 0 Å². The predicted molar refractivity (Wildman–Crippen MR) is 158 cm³/mol. The quantitative estimate of drug-likeness (QED) is 0.175. The smallest absolute Gasteiger partial charge is 0.335 e. The molecule has 0 radical (unpaired) electrons. The third-order valence-corrected chi connectivity index (χ3v) is 6.84. The highest BCUT2D eigenvalue weighted by atomic mass is 35.5. The number of rotatable bonds is 8. The van der Waals surface area contributed by atoms with Crippen molar-refractivity contribution in [2.45, 2.75) is 20.1 Å². The summed E-state index contributed by atoms with van der Waals surface area (Å²) in [5.74, 6) is -0.778. The molecule has 5 rings (SSSR count). The summed E-state index contributed by atoms with van der Waals surface area (Å²) < 4.78 is 11.6. The number of nitrogens with zero attached hydrogens (tertiary/aromatic N) is 1. The second kappa shape index (κ2) is 12.3. The highest BCUT2D eigenvalue weighted by molar-refractivity contribution is 6.40. The zero-order chi connectivity index (χ0) is 28.9. The summed E-state index contributed by atoms with van der Waals surface area (Å²) in [6.45, 7) is 2.62. The van der Waals surface area contributed by atoms with Gasteiger partial charge in [0.05, 0.1) is 15.7 Å². The minimum atomic E-state index is -0.856. The number of nitrogens with one attached hydrogen (secondary N) is 1. The lowest BCUT2D eigenvalue weighted by Crippen LogP contribution is -2.54. The average Bonchev–Trinajstić information content (AvgIpc) is 2.96. The zero-order valence-corrected chi connectivity index (χ0v) is 23.4. The normalized spacial score (nSPS) is 14.3. The highest BCUT2D eigenvalue weighted by Gasteiger charge is 2.36. The highest BCUT2D eigenvalue weighted by Crippen LogP contribution is 2.36. The molecule has 0 saturated carbocycles. The fourth-order valence-corrected chi connectivity index (χ4v) is 4.74. The number of benzene rings is 4. The van der Waals surface area contributed by atoms with Crippen molar-refractivity contribution in [1.82, 2.24) is 5.32 Å². The van der Waals surface area contributed by atoms with Gasteiger partial charge in [0.1, 0.15) is 24.5 Å². The van der Waals surface area contributed by atoms with Crippen molar-refractivity contribution >= 4 is 52.8 Å². The van der Waals surface area contributed by atoms with Gasteiger partial charge in [0.2, 0.25) is 0 Å². The molecule has 0 unspecified atom stereocenters. The van der Waals surface area contributed by atoms with Crippen LogP contribution in [-0.4, -0.2) is 17.8 Å². The van der Waals surface area contributed by atoms with Crippen LogP contribution in [0, 0.1) is 6.92 Å². The van der Waals surface area contributed by atoms with Crippen LogP contribution in [0.1, 0.15) is 22.3 Å². The van der Waals surface area contributed by atoms with Crippen LogP contribution >= 0.6 is 23.2 Å². The fraction of sp³-hybridized carbons (Fsp3) is 0.0938. The summed E-state index contributed by atoms with van der Waals surface area (Å²) in [4.78, 5) is 39.5. The van der Waals surface area contributed by atoms with Crippen LogP contribution in [0.5, 0.6) is 11.5 Å². The summed E-state index contributed by atoms with van der Waals surface area (Å²) in [6, 6.07) is 26.1. The van der Waals surface area contributed by atoms with E-state index in [1.165, 1.54) is 18.2 Å². The summed E-state index contributed by atoms with van der Waals surface area (Å²) >= 11 is 12.9. The van der Waals surface area contributed by atoms with E-state index in [1.807, 2.05) is 61.5 Å². The van der Waals surface area contributed by atoms with Crippen molar-refractivity contribution in [2.75, 3.05) is 4.90 Å². The number of amides is 4. The van der Waals surface area contributed by atoms with E-state index in [-0.39, 0.29) is 33.7 Å². The summed E-state index contributed by atoms with van der Waals surface area (Å²) in [5, 5.41) is 2.63. The van der Waals surface area contributed by atoms with Gasteiger partial charge >= 0.3 is 6.03 Å². The molecule has 1 heterocycles. The molecule has 0 aromatic heterocycles. The van der Waals surface area contributed by atoms with Crippen LogP contribution in [0.2, 0.25) is 10.0 Å². The maximum Gasteiger partial charge on any atom is 0.335 e. The maximum atomic E-state index is 13.3. The van der Waals surface area contributed by atoms with Crippen molar-refractivity contribution < 1.29 is 23.9 Å². The average molecular weight is 587 g/mol. The lowest BCUT2D eigenvalue weighted by molar-refractivity contribution is -0.122. The fourth-order valence-electron chi connectivity index (χ4n) is 4.13. The first-order chi connectivity index (χ1) is 19.8. The molecular weight excluding hydrogens is 563 g/mol. The number of anilines is 1. The number of halogens is 2. The van der Waals surface area contributed by atoms with Crippen LogP contribution in [-0.2, 0) is 22.8 Å². The minimum absolute atomic E-state index is 0.208. The van der Waals surface area contributed by atoms with E-state index in [0.717, 1.165) is 21.6 Å². The third-order valence-electron chi connectivity index (χ3n) is 6.28. The van der Waals surface area contributed by atoms with Gasteiger partial charge in [-0.25, -0.2) is 9.69 Å². The van der Waals surface area contributed by atoms with E-state index >= 15 is 0 Å². The Kier molecular flexibility index (Phi) is 8.38. The van der Waals surface area contributed by atoms with Crippen LogP contribution in [0.3, 0.4) is 0 Å². The van der Waals surface area contributed by atoms with Gasteiger partial charge < -0.3 is 9.47 Å². The Labute approximate surface area is 246 Å². The number of carbonyl (C=O) groups excluding carboxylic acids is 3. The van der Waals surface area contributed by atoms with Crippen LogP contribution in [0.15, 0.2) is 96.6 Å². The number of barbiturate groups is 1. The van der Waals surface area contributed by atoms with Gasteiger partial charge in [0.25, 0.3) is 11.8 Å². The number of ether oxygens (including phenoxy) is 2. The molecule has 0 aliphatic carbocycles. The monoisotopic (exact) mass is 586 g/mol. The molecule has 1 N–H and O–H groups in total. The van der Waals surface area contributed by atoms with Gasteiger partial charge in [0, 0.05) is 0 Å². The molecule has 7 nitrogen and oxygen atoms in total. The molecule has 1 aliphatic rings. The molecule has 4 amide bonds. The van der Waals surface area contributed by atoms with Gasteiger partial charge in [0.15, 0.2) is 5.75 Å². The van der Waals surface area contributed by atoms with Crippen LogP contribution < -0.4 is 19.7 Å². The Morgan fingerprint density at radius 1 is 0.780 bits per heavy atom. The lowest BCUT2D eigenvalue weighted by atomic mass is 10.1. The van der Waals surface area contributed by atoms with E-state index in [4.69, 9.17) is 32.7 Å². The zero-order valence-electron chi connectivity index (χ0n) is 21.9. The number of hydrogen-bond acceptors (Lipinski definition) is 5. The number of aryl methyl sites for hydroxylation is 1. The van der Waals surface area contributed by atoms with E-state index in [2.05, 4.69) is 5.32 Å². The molecule has 1 fully saturated rings. The van der Waals surface area contributed by atoms with E-state index < -0.39 is 17.8 Å². The first-order valence-corrected chi connectivity index (χ1v) is 13.4. The molecule has 4 aromatic rings. The van der Waals surface area contributed by atoms with E-state index in [9.17, 15) is 14.4 Å². The Hall–Kier alpha value is -4.59. The molecule has 41 heavy (non-hydrogen) atoms. The van der Waals surface area contributed by atoms with Gasteiger partial charge in [-0.05, 0) is 66.1 Å². The van der Waals surface area contributed by atoms with Gasteiger partial charge in [-0.2, -0.15) is 0 Å². The summed E-state index contributed by atoms with van der Waals surface area (Å²) in [5.41, 5.74) is 3.48. The molecule has 1 aliphatic heterocycles. The molecule has 1 saturated heterocycles. The molecule has 4 aromatic carbocycles. The first kappa shape index (κ1) is 28.0. The minimum Gasteiger partial charge on any atom is -0.489 e. The maximum absolute atomic E-state index is 13.3. The Bertz CT molecular complexity index is 1610. The van der Waals surface area contributed by atoms with E-state index in [1.54, 1.807) is 24.3 Å². The second-order valence-corrected chi connectivity index (χ2v) is 10.1. The second-order valence-electron chi connectivity index (χ2n) is 9.31.